The number of fused-ring (bicyclic) bond motifs is 5. The molecular weight excluding hydrogens is 668 g/mol. The molecule has 236 valence electrons. The maximum Gasteiger partial charge on any atom is 0.386 e. The van der Waals surface area contributed by atoms with Crippen molar-refractivity contribution < 1.29 is 41.8 Å². The number of aromatic amines is 2. The Morgan fingerprint density at radius 2 is 1.59 bits per heavy atom. The van der Waals surface area contributed by atoms with E-state index in [1.54, 1.807) is 0 Å². The normalized spacial score (nSPS) is 36.6. The van der Waals surface area contributed by atoms with Crippen LogP contribution in [0.25, 0.3) is 22.3 Å². The molecule has 20 nitrogen and oxygen atoms in total. The molecule has 2 bridgehead atoms. The van der Waals surface area contributed by atoms with Crippen molar-refractivity contribution in [1.82, 2.24) is 39.0 Å². The van der Waals surface area contributed by atoms with E-state index in [-0.39, 0.29) is 41.3 Å². The second-order valence-electron chi connectivity index (χ2n) is 10.0. The van der Waals surface area contributed by atoms with Crippen LogP contribution in [0, 0.1) is 0 Å². The maximum atomic E-state index is 13.5. The summed E-state index contributed by atoms with van der Waals surface area (Å²) in [6.45, 7) is -9.28. The number of nitrogens with one attached hydrogen (secondary N) is 2. The number of ether oxygens (including phenoxy) is 2. The number of aromatic nitrogens is 8. The molecule has 0 radical (unpaired) electrons. The van der Waals surface area contributed by atoms with Gasteiger partial charge in [-0.05, 0) is 0 Å². The number of aliphatic hydroxyl groups excluding tert-OH is 1. The summed E-state index contributed by atoms with van der Waals surface area (Å²) >= 11 is 8.21. The number of rotatable bonds is 2. The van der Waals surface area contributed by atoms with E-state index in [1.807, 2.05) is 0 Å². The van der Waals surface area contributed by atoms with Crippen molar-refractivity contribution in [2.45, 2.75) is 49.4 Å². The molecule has 24 heteroatoms. The van der Waals surface area contributed by atoms with E-state index in [4.69, 9.17) is 33.3 Å². The van der Waals surface area contributed by atoms with Gasteiger partial charge in [-0.2, -0.15) is 4.98 Å². The van der Waals surface area contributed by atoms with Crippen LogP contribution < -0.4 is 16.9 Å². The van der Waals surface area contributed by atoms with Gasteiger partial charge in [0.15, 0.2) is 34.8 Å². The highest BCUT2D eigenvalue weighted by Crippen LogP contribution is 2.60. The van der Waals surface area contributed by atoms with Crippen LogP contribution >= 0.6 is 38.1 Å². The topological polar surface area (TPSA) is 263 Å². The van der Waals surface area contributed by atoms with Crippen molar-refractivity contribution in [1.29, 1.82) is 0 Å². The van der Waals surface area contributed by atoms with Crippen molar-refractivity contribution in [2.24, 2.45) is 0 Å². The first-order valence-corrected chi connectivity index (χ1v) is 18.2. The molecule has 3 saturated heterocycles. The molecule has 7 heterocycles. The van der Waals surface area contributed by atoms with Gasteiger partial charge in [0.25, 0.3) is 11.1 Å². The summed E-state index contributed by atoms with van der Waals surface area (Å²) in [6, 6.07) is 0. The van der Waals surface area contributed by atoms with E-state index < -0.39 is 74.3 Å². The Morgan fingerprint density at radius 1 is 0.909 bits per heavy atom. The molecule has 0 saturated carbocycles. The fourth-order valence-electron chi connectivity index (χ4n) is 5.29. The number of hydrogen-bond donors (Lipinski definition) is 6. The average Bonchev–Trinajstić information content (AvgIpc) is 3.72. The highest BCUT2D eigenvalue weighted by molar-refractivity contribution is 8.44. The van der Waals surface area contributed by atoms with Crippen molar-refractivity contribution in [3.63, 3.8) is 0 Å². The molecule has 3 fully saturated rings. The summed E-state index contributed by atoms with van der Waals surface area (Å²) in [6.07, 6.45) is -4.62. The fourth-order valence-corrected chi connectivity index (χ4v) is 8.29. The van der Waals surface area contributed by atoms with Crippen LogP contribution in [0.15, 0.2) is 28.6 Å². The molecule has 0 spiro atoms. The number of nitrogen functional groups attached to an aromatic ring is 1. The van der Waals surface area contributed by atoms with Crippen LogP contribution in [0.3, 0.4) is 0 Å². The van der Waals surface area contributed by atoms with E-state index in [0.717, 1.165) is 6.33 Å². The molecule has 5 N–H and O–H groups in total. The molecule has 0 aromatic carbocycles. The summed E-state index contributed by atoms with van der Waals surface area (Å²) in [5, 5.41) is 11.2. The Labute approximate surface area is 255 Å². The minimum absolute atomic E-state index is 0.0164. The van der Waals surface area contributed by atoms with Crippen molar-refractivity contribution in [3.05, 3.63) is 39.7 Å². The predicted octanol–water partition coefficient (Wildman–Crippen LogP) is 0.274. The van der Waals surface area contributed by atoms with Gasteiger partial charge >= 0.3 is 13.6 Å². The van der Waals surface area contributed by atoms with Gasteiger partial charge in [0.1, 0.15) is 24.4 Å². The summed E-state index contributed by atoms with van der Waals surface area (Å²) < 4.78 is 64.0. The van der Waals surface area contributed by atoms with E-state index in [2.05, 4.69) is 54.4 Å². The Hall–Kier alpha value is -2.62. The van der Waals surface area contributed by atoms with E-state index >= 15 is 0 Å². The monoisotopic (exact) mass is 691 g/mol. The summed E-state index contributed by atoms with van der Waals surface area (Å²) in [7, 11) is 0. The number of thiol groups is 2. The predicted molar refractivity (Wildman–Crippen MR) is 154 cm³/mol. The number of anilines is 1. The molecule has 9 atom stereocenters. The van der Waals surface area contributed by atoms with Gasteiger partial charge in [0, 0.05) is 6.42 Å². The molecular formula is C20H23N9O11P2S2. The molecule has 4 aromatic heterocycles. The van der Waals surface area contributed by atoms with Gasteiger partial charge < -0.3 is 25.3 Å². The molecule has 4 aromatic rings. The smallest absolute Gasteiger partial charge is 0.386 e. The lowest BCUT2D eigenvalue weighted by atomic mass is 10.1. The summed E-state index contributed by atoms with van der Waals surface area (Å²) in [4.78, 5) is 45.5. The zero-order valence-corrected chi connectivity index (χ0v) is 25.6. The SMILES string of the molecule is Nc1nc2c(ncn2[C@@H]2O[C@@H]3CO[P@@](=O)(S)O[C@H]4[C@@H](O)[C@H](n5cnc6c(=O)[nH]cnc65)O[C@@H]4CO[P@@](=O)(S)O[C@@H]2C3)c(=O)[nH]1. The molecule has 7 rings (SSSR count). The van der Waals surface area contributed by atoms with Crippen LogP contribution in [0.2, 0.25) is 0 Å². The Morgan fingerprint density at radius 3 is 2.36 bits per heavy atom. The zero-order valence-electron chi connectivity index (χ0n) is 22.0. The van der Waals surface area contributed by atoms with Crippen molar-refractivity contribution >= 4 is 66.4 Å². The van der Waals surface area contributed by atoms with Crippen LogP contribution in [-0.4, -0.2) is 87.9 Å². The Kier molecular flexibility index (Phi) is 7.53. The van der Waals surface area contributed by atoms with Crippen LogP contribution in [0.5, 0.6) is 0 Å². The molecule has 0 aliphatic carbocycles. The molecule has 3 aliphatic rings. The Bertz CT molecular complexity index is 1970. The largest absolute Gasteiger partial charge is 0.386 e. The first-order chi connectivity index (χ1) is 20.9. The number of imidazole rings is 2. The molecule has 0 unspecified atom stereocenters. The van der Waals surface area contributed by atoms with Gasteiger partial charge in [-0.3, -0.25) is 41.8 Å². The van der Waals surface area contributed by atoms with Crippen molar-refractivity contribution in [3.8, 4) is 0 Å². The second kappa shape index (κ2) is 11.0. The zero-order chi connectivity index (χ0) is 31.0. The van der Waals surface area contributed by atoms with E-state index in [0.29, 0.717) is 0 Å². The van der Waals surface area contributed by atoms with Gasteiger partial charge in [-0.15, -0.1) is 0 Å². The summed E-state index contributed by atoms with van der Waals surface area (Å²) in [5.74, 6) is -0.170. The highest BCUT2D eigenvalue weighted by Gasteiger charge is 2.51. The quantitative estimate of drug-likeness (QED) is 0.122. The van der Waals surface area contributed by atoms with Gasteiger partial charge in [0.05, 0.1) is 38.3 Å². The molecule has 0 amide bonds. The molecule has 44 heavy (non-hydrogen) atoms. The third-order valence-electron chi connectivity index (χ3n) is 7.17. The van der Waals surface area contributed by atoms with Crippen LogP contribution in [0.1, 0.15) is 18.9 Å². The molecule has 3 aliphatic heterocycles. The lowest BCUT2D eigenvalue weighted by Crippen LogP contribution is -2.35. The van der Waals surface area contributed by atoms with Crippen molar-refractivity contribution in [2.75, 3.05) is 18.9 Å². The minimum Gasteiger partial charge on any atom is -0.386 e. The minimum atomic E-state index is -4.21. The standard InChI is InChI=1S/C20H23N9O11P2S2/c21-20-26-15-11(17(32)27-20)25-6-29(15)18-8-1-7(37-18)2-35-42(34,44)40-13-9(3-36-41(33,43)39-8)38-19(12(13)30)28-5-24-10-14(28)22-4-23-16(10)31/h4-9,12-13,18-19,30H,1-3H2,(H,33,43)(H,34,44)(H,22,23,31)(H3,21,26,27,32)/t7-,8+,9+,12+,13+,18+,19+,41+,42+/m0/s1. The lowest BCUT2D eigenvalue weighted by molar-refractivity contribution is -0.0571. The number of aliphatic hydroxyl groups is 1. The van der Waals surface area contributed by atoms with Gasteiger partial charge in [-0.25, -0.2) is 24.1 Å². The summed E-state index contributed by atoms with van der Waals surface area (Å²) in [5.41, 5.74) is 4.72. The van der Waals surface area contributed by atoms with E-state index in [9.17, 15) is 23.8 Å². The maximum absolute atomic E-state index is 13.5. The van der Waals surface area contributed by atoms with Gasteiger partial charge in [0.2, 0.25) is 5.95 Å². The number of hydrogen-bond acceptors (Lipinski definition) is 16. The first-order valence-electron chi connectivity index (χ1n) is 12.8. The number of nitrogens with zero attached hydrogens (tertiary/aromatic N) is 6. The first kappa shape index (κ1) is 30.1. The lowest BCUT2D eigenvalue weighted by Gasteiger charge is -2.26. The Balaban J connectivity index is 1.19. The highest BCUT2D eigenvalue weighted by atomic mass is 32.7. The fraction of sp³-hybridized carbons (Fsp3) is 0.500. The van der Waals surface area contributed by atoms with Crippen LogP contribution in [0.4, 0.5) is 5.95 Å². The van der Waals surface area contributed by atoms with E-state index in [1.165, 1.54) is 21.8 Å². The average molecular weight is 692 g/mol. The number of H-pyrrole nitrogens is 2. The van der Waals surface area contributed by atoms with Gasteiger partial charge in [-0.1, -0.05) is 24.5 Å². The second-order valence-corrected chi connectivity index (χ2v) is 15.8. The third kappa shape index (κ3) is 5.43. The number of nitrogens with two attached hydrogens (primary N) is 1. The third-order valence-corrected chi connectivity index (χ3v) is 10.4. The van der Waals surface area contributed by atoms with Crippen LogP contribution in [-0.2, 0) is 36.7 Å².